The Labute approximate surface area is 226 Å². The van der Waals surface area contributed by atoms with E-state index in [-0.39, 0.29) is 5.91 Å². The maximum Gasteiger partial charge on any atom is 0.289 e. The van der Waals surface area contributed by atoms with Crippen LogP contribution in [-0.4, -0.2) is 47.0 Å². The van der Waals surface area contributed by atoms with E-state index in [9.17, 15) is 4.79 Å². The molecule has 37 heavy (non-hydrogen) atoms. The summed E-state index contributed by atoms with van der Waals surface area (Å²) in [7, 11) is 0. The molecule has 8 heteroatoms. The Balaban J connectivity index is 1.14. The summed E-state index contributed by atoms with van der Waals surface area (Å²) in [6.07, 6.45) is 3.62. The molecular formula is C29H32N4O2S2. The highest BCUT2D eigenvalue weighted by atomic mass is 32.2. The van der Waals surface area contributed by atoms with Gasteiger partial charge in [0.25, 0.3) is 5.91 Å². The predicted molar refractivity (Wildman–Crippen MR) is 151 cm³/mol. The van der Waals surface area contributed by atoms with Crippen LogP contribution in [0.1, 0.15) is 53.9 Å². The third-order valence-corrected chi connectivity index (χ3v) is 8.79. The fourth-order valence-corrected chi connectivity index (χ4v) is 6.43. The van der Waals surface area contributed by atoms with Gasteiger partial charge in [0, 0.05) is 54.9 Å². The van der Waals surface area contributed by atoms with Crippen molar-refractivity contribution in [3.8, 4) is 11.3 Å². The molecule has 0 atom stereocenters. The van der Waals surface area contributed by atoms with Crippen molar-refractivity contribution in [2.24, 2.45) is 0 Å². The number of hydrogen-bond donors (Lipinski definition) is 0. The van der Waals surface area contributed by atoms with Crippen LogP contribution in [0.5, 0.6) is 0 Å². The van der Waals surface area contributed by atoms with E-state index in [1.165, 1.54) is 10.7 Å². The second-order valence-electron chi connectivity index (χ2n) is 9.08. The summed E-state index contributed by atoms with van der Waals surface area (Å²) in [5, 5.41) is 4.27. The van der Waals surface area contributed by atoms with Crippen molar-refractivity contribution in [3.05, 3.63) is 82.7 Å². The second-order valence-corrected chi connectivity index (χ2v) is 11.0. The lowest BCUT2D eigenvalue weighted by Crippen LogP contribution is -2.37. The Bertz CT molecular complexity index is 1290. The summed E-state index contributed by atoms with van der Waals surface area (Å²) in [6.45, 7) is 7.80. The van der Waals surface area contributed by atoms with Gasteiger partial charge in [0.15, 0.2) is 5.76 Å². The van der Waals surface area contributed by atoms with E-state index < -0.39 is 0 Å². The maximum atomic E-state index is 13.0. The van der Waals surface area contributed by atoms with Crippen molar-refractivity contribution in [1.82, 2.24) is 14.9 Å². The molecule has 0 bridgehead atoms. The number of rotatable bonds is 9. The molecule has 192 valence electrons. The lowest BCUT2D eigenvalue weighted by Gasteiger charge is -2.30. The molecule has 0 radical (unpaired) electrons. The number of piperidine rings is 1. The molecule has 1 saturated heterocycles. The smallest absolute Gasteiger partial charge is 0.289 e. The Morgan fingerprint density at radius 1 is 1.08 bits per heavy atom. The van der Waals surface area contributed by atoms with E-state index in [1.807, 2.05) is 29.2 Å². The average Bonchev–Trinajstić information content (AvgIpc) is 3.64. The van der Waals surface area contributed by atoms with Crippen molar-refractivity contribution in [1.29, 1.82) is 0 Å². The van der Waals surface area contributed by atoms with Crippen molar-refractivity contribution >= 4 is 34.7 Å². The normalized spacial score (nSPS) is 14.2. The van der Waals surface area contributed by atoms with Gasteiger partial charge in [0.2, 0.25) is 0 Å². The molecule has 4 heterocycles. The number of nitrogens with zero attached hydrogens (tertiary/aromatic N) is 4. The Morgan fingerprint density at radius 3 is 2.57 bits per heavy atom. The highest BCUT2D eigenvalue weighted by Crippen LogP contribution is 2.34. The van der Waals surface area contributed by atoms with Gasteiger partial charge in [-0.2, -0.15) is 0 Å². The average molecular weight is 533 g/mol. The largest absolute Gasteiger partial charge is 0.455 e. The Morgan fingerprint density at radius 2 is 1.86 bits per heavy atom. The number of benzene rings is 1. The zero-order valence-corrected chi connectivity index (χ0v) is 22.9. The van der Waals surface area contributed by atoms with Crippen LogP contribution in [0.25, 0.3) is 11.3 Å². The van der Waals surface area contributed by atoms with Crippen molar-refractivity contribution in [3.63, 3.8) is 0 Å². The number of carbonyl (C=O) groups is 1. The zero-order chi connectivity index (χ0) is 25.6. The first kappa shape index (κ1) is 25.5. The van der Waals surface area contributed by atoms with E-state index in [2.05, 4.69) is 53.4 Å². The standard InChI is InChI=1S/C29H32N4O2S2/c1-3-32(4-2)23-10-8-21(9-11-23)25-20-37-28(31-25)22-14-17-33(18-15-22)29(34)26-13-12-24(35-26)19-36-27-7-5-6-16-30-27/h5-13,16,20,22H,3-4,14-15,17-19H2,1-2H3. The van der Waals surface area contributed by atoms with Gasteiger partial charge in [0.05, 0.1) is 21.5 Å². The molecular weight excluding hydrogens is 500 g/mol. The van der Waals surface area contributed by atoms with Crippen molar-refractivity contribution in [2.45, 2.75) is 43.4 Å². The van der Waals surface area contributed by atoms with E-state index in [4.69, 9.17) is 9.40 Å². The molecule has 1 amide bonds. The molecule has 0 unspecified atom stereocenters. The Hall–Kier alpha value is -3.10. The molecule has 1 aliphatic rings. The molecule has 0 N–H and O–H groups in total. The summed E-state index contributed by atoms with van der Waals surface area (Å²) >= 11 is 3.33. The summed E-state index contributed by atoms with van der Waals surface area (Å²) in [6, 6.07) is 18.2. The van der Waals surface area contributed by atoms with Gasteiger partial charge in [-0.1, -0.05) is 30.0 Å². The van der Waals surface area contributed by atoms with Crippen LogP contribution in [-0.2, 0) is 5.75 Å². The van der Waals surface area contributed by atoms with Gasteiger partial charge in [-0.15, -0.1) is 11.3 Å². The molecule has 0 spiro atoms. The van der Waals surface area contributed by atoms with Crippen LogP contribution < -0.4 is 4.90 Å². The third kappa shape index (κ3) is 6.08. The highest BCUT2D eigenvalue weighted by Gasteiger charge is 2.28. The first-order chi connectivity index (χ1) is 18.1. The molecule has 0 aliphatic carbocycles. The number of thiazole rings is 1. The number of hydrogen-bond acceptors (Lipinski definition) is 7. The molecule has 0 saturated carbocycles. The van der Waals surface area contributed by atoms with E-state index in [0.717, 1.165) is 61.1 Å². The predicted octanol–water partition coefficient (Wildman–Crippen LogP) is 6.96. The monoisotopic (exact) mass is 532 g/mol. The van der Waals surface area contributed by atoms with Gasteiger partial charge in [0.1, 0.15) is 5.76 Å². The fourth-order valence-electron chi connectivity index (χ4n) is 4.67. The first-order valence-corrected chi connectivity index (χ1v) is 14.7. The second kappa shape index (κ2) is 12.0. The molecule has 1 aromatic carbocycles. The topological polar surface area (TPSA) is 62.5 Å². The van der Waals surface area contributed by atoms with Gasteiger partial charge < -0.3 is 14.2 Å². The zero-order valence-electron chi connectivity index (χ0n) is 21.3. The molecule has 4 aromatic rings. The van der Waals surface area contributed by atoms with Crippen LogP contribution in [0.2, 0.25) is 0 Å². The fraction of sp³-hybridized carbons (Fsp3) is 0.345. The number of amides is 1. The molecule has 3 aromatic heterocycles. The molecule has 6 nitrogen and oxygen atoms in total. The number of carbonyl (C=O) groups excluding carboxylic acids is 1. The highest BCUT2D eigenvalue weighted by molar-refractivity contribution is 7.98. The number of aromatic nitrogens is 2. The molecule has 1 fully saturated rings. The lowest BCUT2D eigenvalue weighted by molar-refractivity contribution is 0.0679. The van der Waals surface area contributed by atoms with Crippen molar-refractivity contribution < 1.29 is 9.21 Å². The molecule has 1 aliphatic heterocycles. The van der Waals surface area contributed by atoms with Crippen LogP contribution in [0, 0.1) is 0 Å². The van der Waals surface area contributed by atoms with Gasteiger partial charge in [-0.05, 0) is 63.1 Å². The summed E-state index contributed by atoms with van der Waals surface area (Å²) < 4.78 is 5.87. The summed E-state index contributed by atoms with van der Waals surface area (Å²) in [5.41, 5.74) is 3.44. The minimum absolute atomic E-state index is 0.0272. The maximum absolute atomic E-state index is 13.0. The minimum atomic E-state index is -0.0272. The third-order valence-electron chi connectivity index (χ3n) is 6.82. The quantitative estimate of drug-likeness (QED) is 0.217. The lowest BCUT2D eigenvalue weighted by atomic mass is 9.97. The van der Waals surface area contributed by atoms with Gasteiger partial charge >= 0.3 is 0 Å². The number of pyridine rings is 1. The summed E-state index contributed by atoms with van der Waals surface area (Å²) in [4.78, 5) is 26.6. The van der Waals surface area contributed by atoms with Crippen molar-refractivity contribution in [2.75, 3.05) is 31.1 Å². The van der Waals surface area contributed by atoms with Gasteiger partial charge in [-0.3, -0.25) is 4.79 Å². The van der Waals surface area contributed by atoms with Crippen LogP contribution >= 0.6 is 23.1 Å². The van der Waals surface area contributed by atoms with Crippen LogP contribution in [0.15, 0.2) is 75.6 Å². The molecule has 5 rings (SSSR count). The first-order valence-electron chi connectivity index (χ1n) is 12.9. The minimum Gasteiger partial charge on any atom is -0.455 e. The number of furan rings is 1. The SMILES string of the molecule is CCN(CC)c1ccc(-c2csc(C3CCN(C(=O)c4ccc(CSc5ccccn5)o4)CC3)n2)cc1. The number of likely N-dealkylation sites (tertiary alicyclic amines) is 1. The van der Waals surface area contributed by atoms with Gasteiger partial charge in [-0.25, -0.2) is 9.97 Å². The van der Waals surface area contributed by atoms with E-state index >= 15 is 0 Å². The summed E-state index contributed by atoms with van der Waals surface area (Å²) in [5.74, 6) is 2.21. The number of anilines is 1. The van der Waals surface area contributed by atoms with E-state index in [1.54, 1.807) is 35.4 Å². The number of thioether (sulfide) groups is 1. The van der Waals surface area contributed by atoms with E-state index in [0.29, 0.717) is 17.4 Å². The Kier molecular flexibility index (Phi) is 8.26. The van der Waals surface area contributed by atoms with Crippen LogP contribution in [0.4, 0.5) is 5.69 Å². The van der Waals surface area contributed by atoms with Crippen LogP contribution in [0.3, 0.4) is 0 Å².